The van der Waals surface area contributed by atoms with Crippen molar-refractivity contribution in [3.8, 4) is 0 Å². The number of likely N-dealkylation sites (N-methyl/N-ethyl adjacent to an activating group) is 1. The minimum absolute atomic E-state index is 0.00730. The Hall–Kier alpha value is -1.87. The van der Waals surface area contributed by atoms with Crippen LogP contribution in [0.4, 0.5) is 0 Å². The molecule has 2 amide bonds. The molecule has 29 heavy (non-hydrogen) atoms. The van der Waals surface area contributed by atoms with E-state index < -0.39 is 0 Å². The Bertz CT molecular complexity index is 540. The van der Waals surface area contributed by atoms with Gasteiger partial charge in [-0.2, -0.15) is 0 Å². The molecule has 2 N–H and O–H groups in total. The van der Waals surface area contributed by atoms with Gasteiger partial charge >= 0.3 is 0 Å². The molecule has 2 heterocycles. The lowest BCUT2D eigenvalue weighted by Gasteiger charge is -2.34. The molecule has 166 valence electrons. The number of nitrogens with one attached hydrogen (secondary N) is 2. The van der Waals surface area contributed by atoms with Crippen LogP contribution in [0.3, 0.4) is 0 Å². The highest BCUT2D eigenvalue weighted by Crippen LogP contribution is 2.20. The van der Waals surface area contributed by atoms with Crippen molar-refractivity contribution in [2.24, 2.45) is 10.9 Å². The van der Waals surface area contributed by atoms with Crippen molar-refractivity contribution < 1.29 is 14.3 Å². The summed E-state index contributed by atoms with van der Waals surface area (Å²) in [5.74, 6) is 1.32. The molecule has 0 atom stereocenters. The summed E-state index contributed by atoms with van der Waals surface area (Å²) in [7, 11) is 5.18. The Morgan fingerprint density at radius 3 is 2.45 bits per heavy atom. The molecule has 0 unspecified atom stereocenters. The molecule has 0 aromatic heterocycles. The monoisotopic (exact) mass is 410 g/mol. The number of piperidine rings is 1. The molecule has 2 rings (SSSR count). The van der Waals surface area contributed by atoms with Crippen LogP contribution in [-0.4, -0.2) is 113 Å². The SMILES string of the molecule is CNC(=O)CC1CCN(C(=NCC(=O)N(C)C)NCCCN2CCOCC2)CC1. The predicted octanol–water partition coefficient (Wildman–Crippen LogP) is -0.409. The number of aliphatic imine (C=N–C) groups is 1. The third-order valence-electron chi connectivity index (χ3n) is 5.57. The maximum atomic E-state index is 12.0. The summed E-state index contributed by atoms with van der Waals surface area (Å²) in [6.45, 7) is 7.35. The van der Waals surface area contributed by atoms with Gasteiger partial charge in [0.1, 0.15) is 6.54 Å². The van der Waals surface area contributed by atoms with Crippen molar-refractivity contribution in [3.63, 3.8) is 0 Å². The van der Waals surface area contributed by atoms with Crippen LogP contribution >= 0.6 is 0 Å². The highest BCUT2D eigenvalue weighted by molar-refractivity contribution is 5.85. The Labute approximate surface area is 174 Å². The second kappa shape index (κ2) is 12.6. The maximum absolute atomic E-state index is 12.0. The molecule has 2 fully saturated rings. The van der Waals surface area contributed by atoms with Crippen molar-refractivity contribution in [2.45, 2.75) is 25.7 Å². The number of carbonyl (C=O) groups is 2. The second-order valence-corrected chi connectivity index (χ2v) is 7.97. The van der Waals surface area contributed by atoms with Crippen LogP contribution in [0.15, 0.2) is 4.99 Å². The van der Waals surface area contributed by atoms with E-state index in [0.717, 1.165) is 77.7 Å². The number of guanidine groups is 1. The van der Waals surface area contributed by atoms with E-state index in [1.807, 2.05) is 0 Å². The third-order valence-corrected chi connectivity index (χ3v) is 5.57. The molecule has 0 bridgehead atoms. The molecule has 2 aliphatic rings. The van der Waals surface area contributed by atoms with Crippen molar-refractivity contribution in [2.75, 3.05) is 80.2 Å². The normalized spacial score (nSPS) is 19.1. The molecule has 0 aromatic carbocycles. The highest BCUT2D eigenvalue weighted by atomic mass is 16.5. The topological polar surface area (TPSA) is 89.5 Å². The van der Waals surface area contributed by atoms with Crippen LogP contribution in [0.5, 0.6) is 0 Å². The zero-order valence-corrected chi connectivity index (χ0v) is 18.3. The lowest BCUT2D eigenvalue weighted by atomic mass is 9.93. The summed E-state index contributed by atoms with van der Waals surface area (Å²) in [4.78, 5) is 34.4. The van der Waals surface area contributed by atoms with Crippen LogP contribution in [-0.2, 0) is 14.3 Å². The molecular weight excluding hydrogens is 372 g/mol. The summed E-state index contributed by atoms with van der Waals surface area (Å²) in [6, 6.07) is 0. The van der Waals surface area contributed by atoms with Crippen molar-refractivity contribution in [3.05, 3.63) is 0 Å². The van der Waals surface area contributed by atoms with Crippen LogP contribution in [0.1, 0.15) is 25.7 Å². The number of hydrogen-bond acceptors (Lipinski definition) is 5. The third kappa shape index (κ3) is 8.57. The number of carbonyl (C=O) groups excluding carboxylic acids is 2. The summed E-state index contributed by atoms with van der Waals surface area (Å²) >= 11 is 0. The smallest absolute Gasteiger partial charge is 0.243 e. The Morgan fingerprint density at radius 2 is 1.83 bits per heavy atom. The first-order chi connectivity index (χ1) is 14.0. The van der Waals surface area contributed by atoms with E-state index in [1.165, 1.54) is 0 Å². The first-order valence-electron chi connectivity index (χ1n) is 10.7. The van der Waals surface area contributed by atoms with Gasteiger partial charge in [0.15, 0.2) is 5.96 Å². The van der Waals surface area contributed by atoms with Gasteiger partial charge in [0.05, 0.1) is 13.2 Å². The van der Waals surface area contributed by atoms with Gasteiger partial charge in [-0.05, 0) is 31.7 Å². The van der Waals surface area contributed by atoms with Gasteiger partial charge in [-0.3, -0.25) is 14.5 Å². The average Bonchev–Trinajstić information content (AvgIpc) is 2.74. The number of nitrogens with zero attached hydrogens (tertiary/aromatic N) is 4. The summed E-state index contributed by atoms with van der Waals surface area (Å²) in [5, 5.41) is 6.17. The van der Waals surface area contributed by atoms with Crippen LogP contribution < -0.4 is 10.6 Å². The van der Waals surface area contributed by atoms with Crippen LogP contribution in [0.25, 0.3) is 0 Å². The number of likely N-dealkylation sites (tertiary alicyclic amines) is 1. The van der Waals surface area contributed by atoms with E-state index in [-0.39, 0.29) is 18.4 Å². The zero-order chi connectivity index (χ0) is 21.1. The van der Waals surface area contributed by atoms with Crippen LogP contribution in [0.2, 0.25) is 0 Å². The first-order valence-corrected chi connectivity index (χ1v) is 10.7. The van der Waals surface area contributed by atoms with Crippen LogP contribution in [0, 0.1) is 5.92 Å². The van der Waals surface area contributed by atoms with Gasteiger partial charge in [-0.1, -0.05) is 0 Å². The molecule has 0 radical (unpaired) electrons. The Morgan fingerprint density at radius 1 is 1.14 bits per heavy atom. The van der Waals surface area contributed by atoms with E-state index >= 15 is 0 Å². The number of amides is 2. The molecule has 0 aromatic rings. The largest absolute Gasteiger partial charge is 0.379 e. The van der Waals surface area contributed by atoms with Crippen molar-refractivity contribution in [1.82, 2.24) is 25.3 Å². The fourth-order valence-corrected chi connectivity index (χ4v) is 3.59. The predicted molar refractivity (Wildman–Crippen MR) is 114 cm³/mol. The molecule has 0 aliphatic carbocycles. The van der Waals surface area contributed by atoms with Crippen molar-refractivity contribution >= 4 is 17.8 Å². The second-order valence-electron chi connectivity index (χ2n) is 7.97. The Kier molecular flexibility index (Phi) is 10.2. The summed E-state index contributed by atoms with van der Waals surface area (Å²) in [5.41, 5.74) is 0. The summed E-state index contributed by atoms with van der Waals surface area (Å²) < 4.78 is 5.39. The fourth-order valence-electron chi connectivity index (χ4n) is 3.59. The molecule has 0 saturated carbocycles. The van der Waals surface area contributed by atoms with Gasteiger partial charge < -0.3 is 25.2 Å². The lowest BCUT2D eigenvalue weighted by Crippen LogP contribution is -2.47. The minimum atomic E-state index is -0.00730. The number of rotatable bonds is 8. The van der Waals surface area contributed by atoms with Gasteiger partial charge in [0.2, 0.25) is 11.8 Å². The van der Waals surface area contributed by atoms with E-state index in [9.17, 15) is 9.59 Å². The van der Waals surface area contributed by atoms with Crippen molar-refractivity contribution in [1.29, 1.82) is 0 Å². The molecule has 9 heteroatoms. The number of hydrogen-bond donors (Lipinski definition) is 2. The Balaban J connectivity index is 1.83. The molecule has 0 spiro atoms. The van der Waals surface area contributed by atoms with E-state index in [2.05, 4.69) is 25.4 Å². The fraction of sp³-hybridized carbons (Fsp3) is 0.850. The summed E-state index contributed by atoms with van der Waals surface area (Å²) in [6.07, 6.45) is 3.53. The lowest BCUT2D eigenvalue weighted by molar-refractivity contribution is -0.127. The highest BCUT2D eigenvalue weighted by Gasteiger charge is 2.23. The quantitative estimate of drug-likeness (QED) is 0.321. The standard InChI is InChI=1S/C20H38N6O3/c1-21-18(27)15-17-5-9-26(10-6-17)20(23-16-19(28)24(2)3)22-7-4-8-25-11-13-29-14-12-25/h17H,4-16H2,1-3H3,(H,21,27)(H,22,23). The number of ether oxygens (including phenoxy) is 1. The number of morpholine rings is 1. The van der Waals surface area contributed by atoms with E-state index in [0.29, 0.717) is 12.3 Å². The molecular formula is C20H38N6O3. The molecule has 9 nitrogen and oxygen atoms in total. The molecule has 2 saturated heterocycles. The molecule has 2 aliphatic heterocycles. The minimum Gasteiger partial charge on any atom is -0.379 e. The van der Waals surface area contributed by atoms with Gasteiger partial charge in [-0.15, -0.1) is 0 Å². The van der Waals surface area contributed by atoms with E-state index in [4.69, 9.17) is 4.74 Å². The first kappa shape index (κ1) is 23.4. The van der Waals surface area contributed by atoms with Gasteiger partial charge in [-0.25, -0.2) is 4.99 Å². The van der Waals surface area contributed by atoms with Gasteiger partial charge in [0, 0.05) is 60.3 Å². The maximum Gasteiger partial charge on any atom is 0.243 e. The zero-order valence-electron chi connectivity index (χ0n) is 18.3. The van der Waals surface area contributed by atoms with E-state index in [1.54, 1.807) is 26.0 Å². The van der Waals surface area contributed by atoms with Gasteiger partial charge in [0.25, 0.3) is 0 Å². The average molecular weight is 411 g/mol.